The first kappa shape index (κ1) is 27.2. The average Bonchev–Trinajstić information content (AvgIpc) is 2.99. The zero-order chi connectivity index (χ0) is 27.2. The van der Waals surface area contributed by atoms with Gasteiger partial charge in [-0.15, -0.1) is 6.58 Å². The lowest BCUT2D eigenvalue weighted by Crippen LogP contribution is -2.55. The lowest BCUT2D eigenvalue weighted by atomic mass is 9.73. The summed E-state index contributed by atoms with van der Waals surface area (Å²) in [6.07, 6.45) is 10.2. The van der Waals surface area contributed by atoms with Crippen LogP contribution in [0.3, 0.4) is 0 Å². The molecule has 2 bridgehead atoms. The van der Waals surface area contributed by atoms with E-state index >= 15 is 0 Å². The molecule has 0 amide bonds. The van der Waals surface area contributed by atoms with E-state index in [0.29, 0.717) is 24.0 Å². The monoisotopic (exact) mass is 528 g/mol. The second kappa shape index (κ2) is 12.6. The van der Waals surface area contributed by atoms with Crippen molar-refractivity contribution in [2.24, 2.45) is 11.8 Å². The fraction of sp³-hybridized carbons (Fsp3) is 0.455. The Bertz CT molecular complexity index is 1270. The second-order valence-corrected chi connectivity index (χ2v) is 10.8. The maximum atomic E-state index is 13.6. The van der Waals surface area contributed by atoms with Gasteiger partial charge in [0.05, 0.1) is 30.8 Å². The van der Waals surface area contributed by atoms with Crippen LogP contribution in [0.25, 0.3) is 10.9 Å². The topological polar surface area (TPSA) is 60.9 Å². The van der Waals surface area contributed by atoms with Crippen molar-refractivity contribution in [3.05, 3.63) is 78.5 Å². The molecule has 39 heavy (non-hydrogen) atoms. The van der Waals surface area contributed by atoms with Crippen molar-refractivity contribution in [2.75, 3.05) is 26.8 Å². The first-order valence-corrected chi connectivity index (χ1v) is 14.3. The van der Waals surface area contributed by atoms with Crippen LogP contribution in [0, 0.1) is 11.8 Å². The lowest BCUT2D eigenvalue weighted by molar-refractivity contribution is -0.0568. The van der Waals surface area contributed by atoms with Crippen LogP contribution >= 0.6 is 0 Å². The number of ether oxygens (including phenoxy) is 3. The number of esters is 1. The number of carbonyl (C=O) groups excluding carboxylic acids is 1. The normalized spacial score (nSPS) is 22.8. The van der Waals surface area contributed by atoms with Gasteiger partial charge in [0.25, 0.3) is 0 Å². The fourth-order valence-corrected chi connectivity index (χ4v) is 6.15. The quantitative estimate of drug-likeness (QED) is 0.143. The predicted octanol–water partition coefficient (Wildman–Crippen LogP) is 7.00. The van der Waals surface area contributed by atoms with Gasteiger partial charge in [0.15, 0.2) is 0 Å². The van der Waals surface area contributed by atoms with Gasteiger partial charge in [-0.05, 0) is 86.2 Å². The van der Waals surface area contributed by atoms with Gasteiger partial charge >= 0.3 is 5.97 Å². The minimum atomic E-state index is -0.432. The lowest BCUT2D eigenvalue weighted by Gasteiger charge is -2.51. The molecule has 0 radical (unpaired) electrons. The number of pyridine rings is 1. The third kappa shape index (κ3) is 6.11. The Balaban J connectivity index is 1.40. The van der Waals surface area contributed by atoms with Gasteiger partial charge in [0, 0.05) is 23.7 Å². The number of rotatable bonds is 12. The number of hydrogen-bond donors (Lipinski definition) is 0. The van der Waals surface area contributed by atoms with Crippen molar-refractivity contribution >= 4 is 16.9 Å². The summed E-state index contributed by atoms with van der Waals surface area (Å²) in [5, 5.41) is 0.949. The number of benzene rings is 2. The maximum absolute atomic E-state index is 13.6. The van der Waals surface area contributed by atoms with Crippen molar-refractivity contribution in [3.63, 3.8) is 0 Å². The van der Waals surface area contributed by atoms with Gasteiger partial charge in [0.2, 0.25) is 0 Å². The molecular weight excluding hydrogens is 488 g/mol. The molecule has 0 spiro atoms. The highest BCUT2D eigenvalue weighted by molar-refractivity contribution is 5.90. The number of aromatic nitrogens is 1. The number of carbonyl (C=O) groups is 1. The average molecular weight is 529 g/mol. The Morgan fingerprint density at radius 3 is 2.67 bits per heavy atom. The minimum absolute atomic E-state index is 0.0893. The van der Waals surface area contributed by atoms with E-state index in [9.17, 15) is 4.79 Å². The Morgan fingerprint density at radius 1 is 1.13 bits per heavy atom. The summed E-state index contributed by atoms with van der Waals surface area (Å²) in [5.41, 5.74) is 2.34. The number of piperidine rings is 3. The van der Waals surface area contributed by atoms with E-state index in [4.69, 9.17) is 14.2 Å². The highest BCUT2D eigenvalue weighted by Gasteiger charge is 2.44. The molecule has 3 saturated heterocycles. The van der Waals surface area contributed by atoms with E-state index in [0.717, 1.165) is 60.3 Å². The van der Waals surface area contributed by atoms with Crippen LogP contribution in [0.2, 0.25) is 0 Å². The maximum Gasteiger partial charge on any atom is 0.338 e. The van der Waals surface area contributed by atoms with Gasteiger partial charge in [-0.1, -0.05) is 32.3 Å². The highest BCUT2D eigenvalue weighted by Crippen LogP contribution is 2.44. The van der Waals surface area contributed by atoms with Crippen LogP contribution < -0.4 is 9.47 Å². The molecule has 3 fully saturated rings. The van der Waals surface area contributed by atoms with Crippen LogP contribution in [-0.2, 0) is 4.74 Å². The van der Waals surface area contributed by atoms with Gasteiger partial charge in [-0.25, -0.2) is 4.79 Å². The number of fused-ring (bicyclic) bond motifs is 4. The molecular formula is C33H40N2O4. The van der Waals surface area contributed by atoms with Crippen LogP contribution in [0.4, 0.5) is 0 Å². The first-order valence-electron chi connectivity index (χ1n) is 14.3. The molecule has 0 saturated carbocycles. The van der Waals surface area contributed by atoms with Crippen molar-refractivity contribution in [1.82, 2.24) is 9.88 Å². The van der Waals surface area contributed by atoms with Crippen LogP contribution in [0.1, 0.15) is 67.5 Å². The van der Waals surface area contributed by atoms with E-state index < -0.39 is 6.10 Å². The van der Waals surface area contributed by atoms with Crippen molar-refractivity contribution < 1.29 is 19.0 Å². The van der Waals surface area contributed by atoms with Crippen molar-refractivity contribution in [1.29, 1.82) is 0 Å². The van der Waals surface area contributed by atoms with E-state index in [-0.39, 0.29) is 12.0 Å². The molecule has 206 valence electrons. The number of methoxy groups -OCH3 is 1. The summed E-state index contributed by atoms with van der Waals surface area (Å²) in [6.45, 7) is 8.91. The minimum Gasteiger partial charge on any atom is -0.497 e. The van der Waals surface area contributed by atoms with Crippen molar-refractivity contribution in [2.45, 2.75) is 57.6 Å². The smallest absolute Gasteiger partial charge is 0.338 e. The molecule has 0 aliphatic carbocycles. The van der Waals surface area contributed by atoms with E-state index in [2.05, 4.69) is 29.5 Å². The number of unbranched alkanes of at least 4 members (excludes halogenated alkanes) is 3. The molecule has 6 rings (SSSR count). The molecule has 3 aliphatic rings. The summed E-state index contributed by atoms with van der Waals surface area (Å²) in [6, 6.07) is 15.3. The third-order valence-electron chi connectivity index (χ3n) is 8.38. The first-order chi connectivity index (χ1) is 19.1. The van der Waals surface area contributed by atoms with Crippen LogP contribution in [0.15, 0.2) is 67.4 Å². The van der Waals surface area contributed by atoms with E-state index in [1.165, 1.54) is 19.3 Å². The summed E-state index contributed by atoms with van der Waals surface area (Å²) in [4.78, 5) is 20.6. The van der Waals surface area contributed by atoms with E-state index in [1.807, 2.05) is 36.4 Å². The van der Waals surface area contributed by atoms with Gasteiger partial charge in [0.1, 0.15) is 17.6 Å². The summed E-state index contributed by atoms with van der Waals surface area (Å²) in [5.74, 6) is 2.23. The molecule has 6 heteroatoms. The number of hydrogen-bond acceptors (Lipinski definition) is 6. The number of nitrogens with zero attached hydrogens (tertiary/aromatic N) is 2. The molecule has 0 N–H and O–H groups in total. The van der Waals surface area contributed by atoms with Crippen molar-refractivity contribution in [3.8, 4) is 11.5 Å². The third-order valence-corrected chi connectivity index (χ3v) is 8.38. The Labute approximate surface area is 232 Å². The van der Waals surface area contributed by atoms with Gasteiger partial charge in [-0.2, -0.15) is 0 Å². The van der Waals surface area contributed by atoms with Crippen LogP contribution in [-0.4, -0.2) is 48.7 Å². The van der Waals surface area contributed by atoms with Gasteiger partial charge < -0.3 is 14.2 Å². The SMILES string of the molecule is C=CC1CN2CCC1CC2C(OC(=O)c1ccc(OCCCCCC)cc1)c1ccnc2ccc(OC)cc12. The molecule has 5 atom stereocenters. The summed E-state index contributed by atoms with van der Waals surface area (Å²) >= 11 is 0. The summed E-state index contributed by atoms with van der Waals surface area (Å²) < 4.78 is 17.8. The van der Waals surface area contributed by atoms with Gasteiger partial charge in [-0.3, -0.25) is 9.88 Å². The Hall–Kier alpha value is -3.38. The molecule has 3 aliphatic heterocycles. The molecule has 2 aromatic carbocycles. The Morgan fingerprint density at radius 2 is 1.95 bits per heavy atom. The zero-order valence-corrected chi connectivity index (χ0v) is 23.2. The largest absolute Gasteiger partial charge is 0.497 e. The fourth-order valence-electron chi connectivity index (χ4n) is 6.15. The highest BCUT2D eigenvalue weighted by atomic mass is 16.5. The Kier molecular flexibility index (Phi) is 8.82. The molecule has 6 nitrogen and oxygen atoms in total. The zero-order valence-electron chi connectivity index (χ0n) is 23.2. The molecule has 5 unspecified atom stereocenters. The van der Waals surface area contributed by atoms with Crippen LogP contribution in [0.5, 0.6) is 11.5 Å². The summed E-state index contributed by atoms with van der Waals surface area (Å²) in [7, 11) is 1.66. The second-order valence-electron chi connectivity index (χ2n) is 10.8. The standard InChI is InChI=1S/C33H40N2O4/c1-4-6-7-8-19-38-26-11-9-24(10-12-26)33(36)39-32(31-20-25-16-18-35(31)22-23(25)5-2)28-15-17-34-30-14-13-27(37-3)21-29(28)30/h5,9-15,17,21,23,25,31-32H,2,4,6-8,16,18-20,22H2,1,3H3. The predicted molar refractivity (Wildman–Crippen MR) is 154 cm³/mol. The molecule has 4 heterocycles. The van der Waals surface area contributed by atoms with E-state index in [1.54, 1.807) is 25.4 Å². The molecule has 3 aromatic rings. The molecule has 1 aromatic heterocycles.